The molecule has 0 unspecified atom stereocenters. The molecule has 1 saturated heterocycles. The number of morpholine rings is 1. The molecule has 2 N–H and O–H groups in total. The van der Waals surface area contributed by atoms with Crippen molar-refractivity contribution < 1.29 is 9.64 Å². The van der Waals surface area contributed by atoms with Crippen molar-refractivity contribution in [3.63, 3.8) is 0 Å². The average Bonchev–Trinajstić information content (AvgIpc) is 3.01. The molecule has 124 valence electrons. The number of nitrogens with one attached hydrogen (secondary N) is 2. The van der Waals surface area contributed by atoms with Gasteiger partial charge in [-0.05, 0) is 23.8 Å². The molecule has 0 atom stereocenters. The van der Waals surface area contributed by atoms with Crippen LogP contribution in [0, 0.1) is 0 Å². The molecule has 1 aliphatic heterocycles. The van der Waals surface area contributed by atoms with Gasteiger partial charge in [-0.2, -0.15) is 0 Å². The highest BCUT2D eigenvalue weighted by atomic mass is 35.5. The molecule has 3 aromatic rings. The van der Waals surface area contributed by atoms with Crippen LogP contribution in [0.25, 0.3) is 20.7 Å². The predicted molar refractivity (Wildman–Crippen MR) is 95.9 cm³/mol. The monoisotopic (exact) mass is 362 g/mol. The van der Waals surface area contributed by atoms with Gasteiger partial charge in [0.05, 0.1) is 18.7 Å². The second-order valence-corrected chi connectivity index (χ2v) is 7.37. The first kappa shape index (κ1) is 15.8. The van der Waals surface area contributed by atoms with E-state index < -0.39 is 0 Å². The van der Waals surface area contributed by atoms with Gasteiger partial charge in [0, 0.05) is 9.90 Å². The number of H-pyrrole nitrogens is 1. The van der Waals surface area contributed by atoms with Crippen molar-refractivity contribution in [1.29, 1.82) is 0 Å². The lowest BCUT2D eigenvalue weighted by Crippen LogP contribution is -3.12. The summed E-state index contributed by atoms with van der Waals surface area (Å²) in [6.45, 7) is 4.14. The Labute approximate surface area is 147 Å². The fourth-order valence-electron chi connectivity index (χ4n) is 2.90. The summed E-state index contributed by atoms with van der Waals surface area (Å²) in [4.78, 5) is 22.4. The summed E-state index contributed by atoms with van der Waals surface area (Å²) in [5.74, 6) is 0.741. The number of fused-ring (bicyclic) bond motifs is 1. The molecule has 0 saturated carbocycles. The first-order chi connectivity index (χ1) is 11.7. The minimum atomic E-state index is -0.0622. The second-order valence-electron chi connectivity index (χ2n) is 5.88. The van der Waals surface area contributed by atoms with Gasteiger partial charge in [0.15, 0.2) is 5.82 Å². The van der Waals surface area contributed by atoms with Gasteiger partial charge < -0.3 is 14.6 Å². The topological polar surface area (TPSA) is 59.4 Å². The van der Waals surface area contributed by atoms with Crippen LogP contribution in [0.2, 0.25) is 5.02 Å². The Balaban J connectivity index is 1.67. The van der Waals surface area contributed by atoms with E-state index in [0.29, 0.717) is 9.72 Å². The number of hydrogen-bond donors (Lipinski definition) is 2. The minimum Gasteiger partial charge on any atom is -0.370 e. The molecule has 0 spiro atoms. The van der Waals surface area contributed by atoms with Crippen LogP contribution in [0.4, 0.5) is 0 Å². The Kier molecular flexibility index (Phi) is 4.37. The molecule has 0 aliphatic carbocycles. The molecule has 3 heterocycles. The van der Waals surface area contributed by atoms with Crippen LogP contribution in [-0.4, -0.2) is 36.3 Å². The Bertz CT molecular complexity index is 914. The summed E-state index contributed by atoms with van der Waals surface area (Å²) in [5.41, 5.74) is 1.74. The molecule has 1 aromatic carbocycles. The van der Waals surface area contributed by atoms with Crippen molar-refractivity contribution in [2.45, 2.75) is 6.54 Å². The van der Waals surface area contributed by atoms with Gasteiger partial charge in [0.1, 0.15) is 24.3 Å². The fourth-order valence-corrected chi connectivity index (χ4v) is 4.03. The zero-order valence-corrected chi connectivity index (χ0v) is 14.5. The van der Waals surface area contributed by atoms with E-state index in [1.165, 1.54) is 16.2 Å². The SMILES string of the molecule is O=c1[nH]c(C[NH+]2CCOCC2)nc2cc(-c3ccc(Cl)cc3)sc12. The van der Waals surface area contributed by atoms with E-state index in [1.54, 1.807) is 0 Å². The van der Waals surface area contributed by atoms with Crippen LogP contribution in [-0.2, 0) is 11.3 Å². The van der Waals surface area contributed by atoms with E-state index in [1.807, 2.05) is 30.3 Å². The lowest BCUT2D eigenvalue weighted by atomic mass is 10.2. The molecule has 24 heavy (non-hydrogen) atoms. The highest BCUT2D eigenvalue weighted by Crippen LogP contribution is 2.31. The second kappa shape index (κ2) is 6.64. The zero-order chi connectivity index (χ0) is 16.5. The van der Waals surface area contributed by atoms with Gasteiger partial charge in [0.25, 0.3) is 5.56 Å². The van der Waals surface area contributed by atoms with E-state index in [-0.39, 0.29) is 5.56 Å². The highest BCUT2D eigenvalue weighted by Gasteiger charge is 2.17. The molecule has 0 bridgehead atoms. The molecule has 0 radical (unpaired) electrons. The standard InChI is InChI=1S/C17H16ClN3O2S/c18-12-3-1-11(2-4-12)14-9-13-16(24-14)17(22)20-15(19-13)10-21-5-7-23-8-6-21/h1-4,9H,5-8,10H2,(H,19,20,22)/p+1. The van der Waals surface area contributed by atoms with Gasteiger partial charge in [-0.3, -0.25) is 4.79 Å². The van der Waals surface area contributed by atoms with Crippen LogP contribution >= 0.6 is 22.9 Å². The number of thiophene rings is 1. The van der Waals surface area contributed by atoms with Crippen molar-refractivity contribution in [3.05, 3.63) is 51.5 Å². The number of aromatic amines is 1. The third-order valence-corrected chi connectivity index (χ3v) is 5.60. The average molecular weight is 363 g/mol. The smallest absolute Gasteiger partial charge is 0.269 e. The van der Waals surface area contributed by atoms with Gasteiger partial charge in [-0.1, -0.05) is 23.7 Å². The van der Waals surface area contributed by atoms with Gasteiger partial charge in [0.2, 0.25) is 0 Å². The maximum Gasteiger partial charge on any atom is 0.269 e. The summed E-state index contributed by atoms with van der Waals surface area (Å²) in [6, 6.07) is 9.61. The van der Waals surface area contributed by atoms with E-state index in [2.05, 4.69) is 9.97 Å². The number of nitrogens with zero attached hydrogens (tertiary/aromatic N) is 1. The van der Waals surface area contributed by atoms with Gasteiger partial charge in [-0.25, -0.2) is 4.98 Å². The molecule has 1 aliphatic rings. The van der Waals surface area contributed by atoms with Crippen molar-refractivity contribution in [2.24, 2.45) is 0 Å². The number of benzene rings is 1. The third kappa shape index (κ3) is 3.23. The Hall–Kier alpha value is -1.73. The first-order valence-corrected chi connectivity index (χ1v) is 9.08. The minimum absolute atomic E-state index is 0.0622. The van der Waals surface area contributed by atoms with Crippen LogP contribution in [0.5, 0.6) is 0 Å². The molecule has 0 amide bonds. The molecule has 4 rings (SSSR count). The number of rotatable bonds is 3. The molecular weight excluding hydrogens is 346 g/mol. The summed E-state index contributed by atoms with van der Waals surface area (Å²) in [5, 5.41) is 0.701. The van der Waals surface area contributed by atoms with Crippen molar-refractivity contribution >= 4 is 33.2 Å². The van der Waals surface area contributed by atoms with Crippen molar-refractivity contribution in [3.8, 4) is 10.4 Å². The number of ether oxygens (including phenoxy) is 1. The van der Waals surface area contributed by atoms with Crippen molar-refractivity contribution in [2.75, 3.05) is 26.3 Å². The van der Waals surface area contributed by atoms with Crippen molar-refractivity contribution in [1.82, 2.24) is 9.97 Å². The first-order valence-electron chi connectivity index (χ1n) is 7.89. The van der Waals surface area contributed by atoms with E-state index >= 15 is 0 Å². The fraction of sp³-hybridized carbons (Fsp3) is 0.294. The predicted octanol–water partition coefficient (Wildman–Crippen LogP) is 1.72. The summed E-state index contributed by atoms with van der Waals surface area (Å²) in [7, 11) is 0. The molecule has 7 heteroatoms. The quantitative estimate of drug-likeness (QED) is 0.746. The van der Waals surface area contributed by atoms with Crippen LogP contribution in [0.3, 0.4) is 0 Å². The Morgan fingerprint density at radius 2 is 2.00 bits per heavy atom. The maximum atomic E-state index is 12.4. The summed E-state index contributed by atoms with van der Waals surface area (Å²) < 4.78 is 6.04. The number of halogens is 1. The van der Waals surface area contributed by atoms with Gasteiger partial charge in [-0.15, -0.1) is 11.3 Å². The molecule has 2 aromatic heterocycles. The maximum absolute atomic E-state index is 12.4. The lowest BCUT2D eigenvalue weighted by molar-refractivity contribution is -0.922. The zero-order valence-electron chi connectivity index (χ0n) is 13.0. The van der Waals surface area contributed by atoms with Crippen LogP contribution in [0.15, 0.2) is 35.1 Å². The largest absolute Gasteiger partial charge is 0.370 e. The van der Waals surface area contributed by atoms with E-state index in [0.717, 1.165) is 54.6 Å². The van der Waals surface area contributed by atoms with E-state index in [9.17, 15) is 4.79 Å². The third-order valence-electron chi connectivity index (χ3n) is 4.18. The Morgan fingerprint density at radius 3 is 2.75 bits per heavy atom. The number of hydrogen-bond acceptors (Lipinski definition) is 4. The number of aromatic nitrogens is 2. The van der Waals surface area contributed by atoms with E-state index in [4.69, 9.17) is 16.3 Å². The lowest BCUT2D eigenvalue weighted by Gasteiger charge is -2.22. The van der Waals surface area contributed by atoms with Crippen LogP contribution < -0.4 is 10.5 Å². The summed E-state index contributed by atoms with van der Waals surface area (Å²) >= 11 is 7.40. The molecule has 5 nitrogen and oxygen atoms in total. The highest BCUT2D eigenvalue weighted by molar-refractivity contribution is 7.22. The Morgan fingerprint density at radius 1 is 1.25 bits per heavy atom. The molecular formula is C17H17ClN3O2S+. The van der Waals surface area contributed by atoms with Crippen LogP contribution in [0.1, 0.15) is 5.82 Å². The summed E-state index contributed by atoms with van der Waals surface area (Å²) in [6.07, 6.45) is 0. The normalized spacial score (nSPS) is 15.9. The van der Waals surface area contributed by atoms with Gasteiger partial charge >= 0.3 is 0 Å². The molecule has 1 fully saturated rings. The number of quaternary nitrogens is 1.